The van der Waals surface area contributed by atoms with Crippen LogP contribution in [0.5, 0.6) is 0 Å². The first-order chi connectivity index (χ1) is 10.8. The topological polar surface area (TPSA) is 190 Å². The van der Waals surface area contributed by atoms with Crippen LogP contribution in [0.2, 0.25) is 0 Å². The molecule has 2 heterocycles. The van der Waals surface area contributed by atoms with E-state index in [1.165, 1.54) is 0 Å². The van der Waals surface area contributed by atoms with E-state index in [0.29, 0.717) is 0 Å². The fourth-order valence-corrected chi connectivity index (χ4v) is 2.46. The lowest BCUT2D eigenvalue weighted by Gasteiger charge is -2.41. The van der Waals surface area contributed by atoms with Crippen molar-refractivity contribution in [2.24, 2.45) is 0 Å². The van der Waals surface area contributed by atoms with Crippen LogP contribution in [-0.2, 0) is 14.2 Å². The van der Waals surface area contributed by atoms with Crippen LogP contribution in [0.4, 0.5) is 0 Å². The quantitative estimate of drug-likeness (QED) is 0.243. The number of rotatable bonds is 4. The van der Waals surface area contributed by atoms with E-state index in [9.17, 15) is 35.7 Å². The van der Waals surface area contributed by atoms with Crippen LogP contribution in [0.15, 0.2) is 0 Å². The summed E-state index contributed by atoms with van der Waals surface area (Å²) >= 11 is 0. The van der Waals surface area contributed by atoms with Crippen LogP contribution in [0.1, 0.15) is 0 Å². The smallest absolute Gasteiger partial charge is 0.186 e. The molecule has 2 saturated heterocycles. The SMILES string of the molecule is OC[C@H]1O[C@@H](OC[C@H]2O[C@H](O)[C@H](O)[C@@H](O)[C@H]2O)[C@@H](O)[C@@H](O)[C@@H]1O. The largest absolute Gasteiger partial charge is 0.394 e. The summed E-state index contributed by atoms with van der Waals surface area (Å²) in [5.41, 5.74) is 0. The Morgan fingerprint density at radius 3 is 1.83 bits per heavy atom. The zero-order valence-electron chi connectivity index (χ0n) is 12.0. The second-order valence-electron chi connectivity index (χ2n) is 5.57. The van der Waals surface area contributed by atoms with E-state index in [2.05, 4.69) is 0 Å². The Morgan fingerprint density at radius 1 is 0.652 bits per heavy atom. The predicted octanol–water partition coefficient (Wildman–Crippen LogP) is -5.40. The van der Waals surface area contributed by atoms with Crippen LogP contribution >= 0.6 is 0 Å². The maximum absolute atomic E-state index is 9.78. The monoisotopic (exact) mass is 342 g/mol. The molecule has 11 nitrogen and oxygen atoms in total. The number of aliphatic hydroxyl groups is 8. The third kappa shape index (κ3) is 3.81. The first-order valence-corrected chi connectivity index (χ1v) is 7.07. The molecule has 23 heavy (non-hydrogen) atoms. The van der Waals surface area contributed by atoms with Gasteiger partial charge in [-0.15, -0.1) is 0 Å². The Hall–Kier alpha value is -0.440. The molecule has 0 amide bonds. The van der Waals surface area contributed by atoms with Gasteiger partial charge < -0.3 is 55.1 Å². The normalized spacial score (nSPS) is 51.7. The average molecular weight is 342 g/mol. The molecule has 11 heteroatoms. The summed E-state index contributed by atoms with van der Waals surface area (Å²) in [4.78, 5) is 0. The van der Waals surface area contributed by atoms with E-state index in [1.807, 2.05) is 0 Å². The number of ether oxygens (including phenoxy) is 3. The molecule has 10 atom stereocenters. The molecule has 2 rings (SSSR count). The molecule has 0 spiro atoms. The highest BCUT2D eigenvalue weighted by Crippen LogP contribution is 2.24. The third-order valence-corrected chi connectivity index (χ3v) is 3.96. The molecule has 2 aliphatic heterocycles. The Bertz CT molecular complexity index is 380. The van der Waals surface area contributed by atoms with Gasteiger partial charge in [-0.25, -0.2) is 0 Å². The summed E-state index contributed by atoms with van der Waals surface area (Å²) in [7, 11) is 0. The minimum absolute atomic E-state index is 0.468. The summed E-state index contributed by atoms with van der Waals surface area (Å²) in [6.45, 7) is -1.10. The van der Waals surface area contributed by atoms with Crippen LogP contribution in [0.25, 0.3) is 0 Å². The van der Waals surface area contributed by atoms with Gasteiger partial charge in [0, 0.05) is 0 Å². The molecule has 0 aromatic carbocycles. The molecule has 2 aliphatic rings. The Labute approximate surface area is 130 Å². The summed E-state index contributed by atoms with van der Waals surface area (Å²) in [6.07, 6.45) is -15.3. The zero-order valence-corrected chi connectivity index (χ0v) is 12.0. The predicted molar refractivity (Wildman–Crippen MR) is 68.6 cm³/mol. The van der Waals surface area contributed by atoms with Crippen molar-refractivity contribution in [2.45, 2.75) is 61.4 Å². The maximum atomic E-state index is 9.78. The first-order valence-electron chi connectivity index (χ1n) is 7.07. The van der Waals surface area contributed by atoms with E-state index in [-0.39, 0.29) is 0 Å². The van der Waals surface area contributed by atoms with Crippen molar-refractivity contribution in [1.82, 2.24) is 0 Å². The summed E-state index contributed by atoms with van der Waals surface area (Å²) in [6, 6.07) is 0. The second-order valence-corrected chi connectivity index (χ2v) is 5.57. The van der Waals surface area contributed by atoms with Gasteiger partial charge in [0.25, 0.3) is 0 Å². The molecule has 0 bridgehead atoms. The van der Waals surface area contributed by atoms with Gasteiger partial charge >= 0.3 is 0 Å². The third-order valence-electron chi connectivity index (χ3n) is 3.96. The van der Waals surface area contributed by atoms with Crippen molar-refractivity contribution in [3.8, 4) is 0 Å². The molecule has 0 aromatic heterocycles. The van der Waals surface area contributed by atoms with Gasteiger partial charge in [-0.3, -0.25) is 0 Å². The summed E-state index contributed by atoms with van der Waals surface area (Å²) < 4.78 is 15.1. The Balaban J connectivity index is 1.94. The lowest BCUT2D eigenvalue weighted by Crippen LogP contribution is -2.61. The zero-order chi connectivity index (χ0) is 17.3. The number of aliphatic hydroxyl groups excluding tert-OH is 8. The Kier molecular flexibility index (Phi) is 6.27. The van der Waals surface area contributed by atoms with Crippen molar-refractivity contribution in [2.75, 3.05) is 13.2 Å². The molecular weight excluding hydrogens is 320 g/mol. The molecule has 2 fully saturated rings. The van der Waals surface area contributed by atoms with Gasteiger partial charge in [-0.2, -0.15) is 0 Å². The fraction of sp³-hybridized carbons (Fsp3) is 1.00. The molecular formula is C12H22O11. The molecule has 0 radical (unpaired) electrons. The minimum Gasteiger partial charge on any atom is -0.394 e. The Morgan fingerprint density at radius 2 is 1.22 bits per heavy atom. The van der Waals surface area contributed by atoms with Crippen LogP contribution in [-0.4, -0.2) is 115 Å². The van der Waals surface area contributed by atoms with E-state index in [4.69, 9.17) is 19.3 Å². The molecule has 0 saturated carbocycles. The number of hydrogen-bond acceptors (Lipinski definition) is 11. The number of hydrogen-bond donors (Lipinski definition) is 8. The lowest BCUT2D eigenvalue weighted by molar-refractivity contribution is -0.325. The van der Waals surface area contributed by atoms with Gasteiger partial charge in [-0.05, 0) is 0 Å². The van der Waals surface area contributed by atoms with Gasteiger partial charge in [0.1, 0.15) is 48.8 Å². The molecule has 136 valence electrons. The lowest BCUT2D eigenvalue weighted by atomic mass is 9.98. The average Bonchev–Trinajstić information content (AvgIpc) is 2.54. The van der Waals surface area contributed by atoms with E-state index in [1.54, 1.807) is 0 Å². The first kappa shape index (κ1) is 18.9. The van der Waals surface area contributed by atoms with E-state index >= 15 is 0 Å². The highest BCUT2D eigenvalue weighted by atomic mass is 16.7. The molecule has 8 N–H and O–H groups in total. The van der Waals surface area contributed by atoms with Crippen LogP contribution < -0.4 is 0 Å². The van der Waals surface area contributed by atoms with Gasteiger partial charge in [0.05, 0.1) is 13.2 Å². The minimum atomic E-state index is -1.74. The van der Waals surface area contributed by atoms with Crippen LogP contribution in [0.3, 0.4) is 0 Å². The van der Waals surface area contributed by atoms with Gasteiger partial charge in [0.2, 0.25) is 0 Å². The summed E-state index contributed by atoms with van der Waals surface area (Å²) in [5.74, 6) is 0. The summed E-state index contributed by atoms with van der Waals surface area (Å²) in [5, 5.41) is 76.1. The van der Waals surface area contributed by atoms with Crippen molar-refractivity contribution < 1.29 is 55.1 Å². The van der Waals surface area contributed by atoms with Crippen molar-refractivity contribution >= 4 is 0 Å². The van der Waals surface area contributed by atoms with Crippen LogP contribution in [0, 0.1) is 0 Å². The molecule has 0 aromatic rings. The fourth-order valence-electron chi connectivity index (χ4n) is 2.46. The second kappa shape index (κ2) is 7.63. The highest BCUT2D eigenvalue weighted by molar-refractivity contribution is 4.91. The van der Waals surface area contributed by atoms with Gasteiger partial charge in [0.15, 0.2) is 12.6 Å². The van der Waals surface area contributed by atoms with Crippen molar-refractivity contribution in [3.05, 3.63) is 0 Å². The molecule has 0 aliphatic carbocycles. The van der Waals surface area contributed by atoms with E-state index < -0.39 is 74.6 Å². The van der Waals surface area contributed by atoms with Crippen molar-refractivity contribution in [3.63, 3.8) is 0 Å². The highest BCUT2D eigenvalue weighted by Gasteiger charge is 2.46. The van der Waals surface area contributed by atoms with Crippen molar-refractivity contribution in [1.29, 1.82) is 0 Å². The maximum Gasteiger partial charge on any atom is 0.186 e. The van der Waals surface area contributed by atoms with Gasteiger partial charge in [-0.1, -0.05) is 0 Å². The van der Waals surface area contributed by atoms with E-state index in [0.717, 1.165) is 0 Å². The molecule has 0 unspecified atom stereocenters. The standard InChI is InChI=1S/C12H22O11/c13-1-3-5(14)8(17)10(19)12(23-3)21-2-4-6(15)7(16)9(18)11(20)22-4/h3-20H,1-2H2/t3-,4-,5-,6+,7+,8+,9-,10+,11+,12-/m1/s1.